The molecular formula is C19H13F6O7P. The maximum atomic E-state index is 12.5. The number of hydrogen-bond acceptors (Lipinski definition) is 7. The normalized spacial score (nSPS) is 12.8. The Balaban J connectivity index is 2.01. The Morgan fingerprint density at radius 2 is 1.48 bits per heavy atom. The van der Waals surface area contributed by atoms with Crippen LogP contribution in [0.25, 0.3) is 22.3 Å². The van der Waals surface area contributed by atoms with Gasteiger partial charge in [0.15, 0.2) is 18.6 Å². The molecule has 178 valence electrons. The lowest BCUT2D eigenvalue weighted by Crippen LogP contribution is -2.21. The fourth-order valence-corrected chi connectivity index (χ4v) is 3.72. The molecule has 0 fully saturated rings. The minimum atomic E-state index is -5.48. The number of rotatable bonds is 7. The van der Waals surface area contributed by atoms with Crippen molar-refractivity contribution in [3.8, 4) is 22.8 Å². The summed E-state index contributed by atoms with van der Waals surface area (Å²) in [6.45, 7) is -4.48. The van der Waals surface area contributed by atoms with Crippen molar-refractivity contribution in [1.29, 1.82) is 0 Å². The minimum absolute atomic E-state index is 0.0366. The fourth-order valence-electron chi connectivity index (χ4n) is 2.56. The largest absolute Gasteiger partial charge is 0.530 e. The van der Waals surface area contributed by atoms with Crippen LogP contribution in [-0.4, -0.2) is 30.7 Å². The summed E-state index contributed by atoms with van der Waals surface area (Å²) in [7, 11) is -5.48. The van der Waals surface area contributed by atoms with E-state index in [0.29, 0.717) is 11.6 Å². The molecule has 0 radical (unpaired) electrons. The van der Waals surface area contributed by atoms with Gasteiger partial charge in [0.2, 0.25) is 0 Å². The van der Waals surface area contributed by atoms with Crippen LogP contribution in [0.15, 0.2) is 57.7 Å². The number of aromatic hydroxyl groups is 1. The predicted octanol–water partition coefficient (Wildman–Crippen LogP) is 5.81. The van der Waals surface area contributed by atoms with Gasteiger partial charge in [-0.15, -0.1) is 0 Å². The zero-order chi connectivity index (χ0) is 24.4. The van der Waals surface area contributed by atoms with E-state index in [1.165, 1.54) is 0 Å². The number of alkyl halides is 6. The molecule has 0 bridgehead atoms. The number of phenols is 1. The van der Waals surface area contributed by atoms with Crippen molar-refractivity contribution in [2.75, 3.05) is 13.2 Å². The quantitative estimate of drug-likeness (QED) is 0.325. The highest BCUT2D eigenvalue weighted by atomic mass is 31.2. The Labute approximate surface area is 180 Å². The molecule has 0 saturated heterocycles. The Hall–Kier alpha value is -3.02. The van der Waals surface area contributed by atoms with Gasteiger partial charge >= 0.3 is 20.2 Å². The number of phosphoric ester groups is 1. The smallest absolute Gasteiger partial charge is 0.507 e. The van der Waals surface area contributed by atoms with Crippen LogP contribution in [0.5, 0.6) is 11.5 Å². The number of halogens is 6. The van der Waals surface area contributed by atoms with E-state index < -0.39 is 50.3 Å². The summed E-state index contributed by atoms with van der Waals surface area (Å²) in [5, 5.41) is 9.78. The lowest BCUT2D eigenvalue weighted by atomic mass is 10.1. The third-order valence-electron chi connectivity index (χ3n) is 3.83. The van der Waals surface area contributed by atoms with Crippen molar-refractivity contribution in [3.63, 3.8) is 0 Å². The van der Waals surface area contributed by atoms with Crippen molar-refractivity contribution in [2.45, 2.75) is 12.4 Å². The first-order chi connectivity index (χ1) is 15.2. The van der Waals surface area contributed by atoms with E-state index in [1.807, 2.05) is 0 Å². The zero-order valence-corrected chi connectivity index (χ0v) is 17.0. The molecule has 0 saturated carbocycles. The van der Waals surface area contributed by atoms with E-state index in [-0.39, 0.29) is 16.7 Å². The van der Waals surface area contributed by atoms with Crippen molar-refractivity contribution < 1.29 is 54.0 Å². The highest BCUT2D eigenvalue weighted by molar-refractivity contribution is 7.48. The lowest BCUT2D eigenvalue weighted by molar-refractivity contribution is -0.168. The SMILES string of the molecule is O=c1cc(-c2ccccc2)oc2cc(OP(=O)(OCC(F)(F)F)OCC(F)(F)F)cc(O)c12. The number of fused-ring (bicyclic) bond motifs is 1. The third-order valence-corrected chi connectivity index (χ3v) is 5.16. The molecule has 1 aromatic heterocycles. The number of benzene rings is 2. The Morgan fingerprint density at radius 3 is 2.03 bits per heavy atom. The van der Waals surface area contributed by atoms with Gasteiger partial charge in [0.05, 0.1) is 0 Å². The Morgan fingerprint density at radius 1 is 0.909 bits per heavy atom. The lowest BCUT2D eigenvalue weighted by Gasteiger charge is -2.20. The fraction of sp³-hybridized carbons (Fsp3) is 0.211. The second kappa shape index (κ2) is 9.08. The summed E-state index contributed by atoms with van der Waals surface area (Å²) in [4.78, 5) is 12.4. The Bertz CT molecular complexity index is 1220. The molecule has 0 aliphatic heterocycles. The van der Waals surface area contributed by atoms with Crippen LogP contribution < -0.4 is 9.95 Å². The standard InChI is InChI=1S/C19H13F6O7P/c20-18(21,22)9-29-33(28,30-10-19(23,24)25)32-12-6-13(26)17-14(27)8-15(31-16(17)7-12)11-4-2-1-3-5-11/h1-8,26H,9-10H2. The van der Waals surface area contributed by atoms with Crippen molar-refractivity contribution in [2.24, 2.45) is 0 Å². The van der Waals surface area contributed by atoms with Crippen LogP contribution in [-0.2, 0) is 13.6 Å². The molecule has 0 unspecified atom stereocenters. The van der Waals surface area contributed by atoms with Crippen LogP contribution in [0.4, 0.5) is 26.3 Å². The van der Waals surface area contributed by atoms with Crippen molar-refractivity contribution in [1.82, 2.24) is 0 Å². The summed E-state index contributed by atoms with van der Waals surface area (Å²) in [6, 6.07) is 10.7. The predicted molar refractivity (Wildman–Crippen MR) is 102 cm³/mol. The van der Waals surface area contributed by atoms with Crippen LogP contribution >= 0.6 is 7.82 Å². The first-order valence-corrected chi connectivity index (χ1v) is 10.3. The van der Waals surface area contributed by atoms with E-state index in [4.69, 9.17) is 4.42 Å². The molecule has 0 spiro atoms. The molecule has 14 heteroatoms. The summed E-state index contributed by atoms with van der Waals surface area (Å²) in [5.74, 6) is -1.50. The van der Waals surface area contributed by atoms with Crippen LogP contribution in [0, 0.1) is 0 Å². The maximum Gasteiger partial charge on any atom is 0.530 e. The van der Waals surface area contributed by atoms with E-state index in [2.05, 4.69) is 13.6 Å². The topological polar surface area (TPSA) is 95.2 Å². The second-order valence-corrected chi connectivity index (χ2v) is 8.07. The van der Waals surface area contributed by atoms with Gasteiger partial charge in [0, 0.05) is 23.8 Å². The highest BCUT2D eigenvalue weighted by Crippen LogP contribution is 2.52. The van der Waals surface area contributed by atoms with Gasteiger partial charge in [0.25, 0.3) is 0 Å². The van der Waals surface area contributed by atoms with Gasteiger partial charge in [-0.2, -0.15) is 26.3 Å². The molecule has 3 rings (SSSR count). The van der Waals surface area contributed by atoms with Gasteiger partial charge in [-0.25, -0.2) is 4.57 Å². The van der Waals surface area contributed by atoms with Gasteiger partial charge in [0.1, 0.15) is 28.2 Å². The molecular weight excluding hydrogens is 485 g/mol. The van der Waals surface area contributed by atoms with Crippen LogP contribution in [0.2, 0.25) is 0 Å². The minimum Gasteiger partial charge on any atom is -0.507 e. The van der Waals surface area contributed by atoms with E-state index in [0.717, 1.165) is 12.1 Å². The summed E-state index contributed by atoms with van der Waals surface area (Å²) in [6.07, 6.45) is -10.1. The Kier molecular flexibility index (Phi) is 6.78. The van der Waals surface area contributed by atoms with Gasteiger partial charge < -0.3 is 14.0 Å². The molecule has 0 aliphatic carbocycles. The van der Waals surface area contributed by atoms with E-state index in [1.54, 1.807) is 30.3 Å². The van der Waals surface area contributed by atoms with Gasteiger partial charge in [-0.3, -0.25) is 13.8 Å². The molecule has 1 N–H and O–H groups in total. The monoisotopic (exact) mass is 498 g/mol. The van der Waals surface area contributed by atoms with Crippen molar-refractivity contribution >= 4 is 18.8 Å². The first-order valence-electron chi connectivity index (χ1n) is 8.83. The molecule has 3 aromatic rings. The summed E-state index contributed by atoms with van der Waals surface area (Å²) in [5.41, 5.74) is -0.603. The van der Waals surface area contributed by atoms with Gasteiger partial charge in [-0.05, 0) is 0 Å². The number of hydrogen-bond donors (Lipinski definition) is 1. The zero-order valence-electron chi connectivity index (χ0n) is 16.1. The number of phenolic OH excluding ortho intramolecular Hbond substituents is 1. The molecule has 0 amide bonds. The summed E-state index contributed by atoms with van der Waals surface area (Å²) < 4.78 is 105. The van der Waals surface area contributed by atoms with Crippen LogP contribution in [0.1, 0.15) is 0 Å². The first kappa shape index (κ1) is 24.6. The van der Waals surface area contributed by atoms with Crippen molar-refractivity contribution in [3.05, 3.63) is 58.8 Å². The third kappa shape index (κ3) is 6.73. The maximum absolute atomic E-state index is 12.5. The highest BCUT2D eigenvalue weighted by Gasteiger charge is 2.41. The number of phosphoric acid groups is 1. The molecule has 0 atom stereocenters. The second-order valence-electron chi connectivity index (χ2n) is 6.47. The molecule has 33 heavy (non-hydrogen) atoms. The van der Waals surface area contributed by atoms with Gasteiger partial charge in [-0.1, -0.05) is 30.3 Å². The molecule has 7 nitrogen and oxygen atoms in total. The molecule has 0 aliphatic rings. The van der Waals surface area contributed by atoms with E-state index in [9.17, 15) is 40.8 Å². The van der Waals surface area contributed by atoms with E-state index >= 15 is 0 Å². The average molecular weight is 498 g/mol. The average Bonchev–Trinajstić information content (AvgIpc) is 2.70. The van der Waals surface area contributed by atoms with Crippen LogP contribution in [0.3, 0.4) is 0 Å². The molecule has 1 heterocycles. The molecule has 2 aromatic carbocycles. The summed E-state index contributed by atoms with van der Waals surface area (Å²) >= 11 is 0.